The van der Waals surface area contributed by atoms with Gasteiger partial charge < -0.3 is 19.7 Å². The number of hydrogen-bond donors (Lipinski definition) is 2. The molecule has 0 aliphatic heterocycles. The Morgan fingerprint density at radius 3 is 2.42 bits per heavy atom. The molecule has 1 aliphatic carbocycles. The molecule has 0 bridgehead atoms. The maximum atomic E-state index is 12.1. The van der Waals surface area contributed by atoms with Crippen molar-refractivity contribution in [3.05, 3.63) is 75.3 Å². The Kier molecular flexibility index (Phi) is 9.81. The van der Waals surface area contributed by atoms with Gasteiger partial charge in [0.05, 0.1) is 25.8 Å². The zero-order chi connectivity index (χ0) is 28.8. The van der Waals surface area contributed by atoms with E-state index in [1.165, 1.54) is 15.3 Å². The van der Waals surface area contributed by atoms with Gasteiger partial charge in [-0.25, -0.2) is 4.79 Å². The number of nitrogens with zero attached hydrogens (tertiary/aromatic N) is 3. The van der Waals surface area contributed by atoms with Crippen LogP contribution in [0.4, 0.5) is 0 Å². The van der Waals surface area contributed by atoms with Crippen LogP contribution in [0.15, 0.2) is 53.5 Å². The summed E-state index contributed by atoms with van der Waals surface area (Å²) in [4.78, 5) is 26.0. The molecule has 1 unspecified atom stereocenters. The third-order valence-electron chi connectivity index (χ3n) is 7.89. The summed E-state index contributed by atoms with van der Waals surface area (Å²) in [6.07, 6.45) is 4.60. The lowest BCUT2D eigenvalue weighted by Crippen LogP contribution is -2.34. The molecule has 2 N–H and O–H groups in total. The number of aryl methyl sites for hydroxylation is 1. The Morgan fingerprint density at radius 1 is 1.12 bits per heavy atom. The summed E-state index contributed by atoms with van der Waals surface area (Å²) in [6.45, 7) is 4.10. The zero-order valence-electron chi connectivity index (χ0n) is 23.3. The number of rotatable bonds is 12. The van der Waals surface area contributed by atoms with E-state index in [2.05, 4.69) is 24.0 Å². The van der Waals surface area contributed by atoms with Crippen LogP contribution in [0.3, 0.4) is 0 Å². The second kappa shape index (κ2) is 13.3. The van der Waals surface area contributed by atoms with E-state index in [1.54, 1.807) is 14.2 Å². The standard InChI is InChI=1S/C30H38ClN3O6/c1-20(23-9-11-25(31)12-10-23)33(17-21-4-7-24(8-5-21)29(36)37)18-22-6-13-26(27(16-22)39-3)40-15-14-34-28(35)19-32(2)30(34)38/h6,9-13,16,19-21,24,35H,4-5,7-8,14-15,17-18H2,1-3H3,(H,36,37). The Bertz CT molecular complexity index is 1340. The molecule has 1 heterocycles. The maximum absolute atomic E-state index is 12.1. The third-order valence-corrected chi connectivity index (χ3v) is 8.15. The van der Waals surface area contributed by atoms with Gasteiger partial charge in [-0.05, 0) is 73.9 Å². The van der Waals surface area contributed by atoms with Gasteiger partial charge in [-0.15, -0.1) is 0 Å². The van der Waals surface area contributed by atoms with Crippen molar-refractivity contribution in [3.8, 4) is 17.4 Å². The van der Waals surface area contributed by atoms with Crippen molar-refractivity contribution in [2.75, 3.05) is 20.3 Å². The SMILES string of the molecule is COc1cc(CN(CC2CCC(C(=O)O)CC2)C(C)c2ccc(Cl)cc2)ccc1OCCn1c(O)cn(C)c1=O. The first-order chi connectivity index (χ1) is 19.2. The Labute approximate surface area is 239 Å². The molecule has 0 spiro atoms. The molecule has 1 aromatic heterocycles. The summed E-state index contributed by atoms with van der Waals surface area (Å²) in [5.41, 5.74) is 1.91. The number of carbonyl (C=O) groups is 1. The molecule has 4 rings (SSSR count). The van der Waals surface area contributed by atoms with E-state index in [-0.39, 0.29) is 36.7 Å². The number of halogens is 1. The van der Waals surface area contributed by atoms with E-state index < -0.39 is 5.97 Å². The van der Waals surface area contributed by atoms with E-state index in [1.807, 2.05) is 30.3 Å². The first kappa shape index (κ1) is 29.6. The minimum Gasteiger partial charge on any atom is -0.493 e. The second-order valence-electron chi connectivity index (χ2n) is 10.6. The smallest absolute Gasteiger partial charge is 0.330 e. The molecule has 40 heavy (non-hydrogen) atoms. The highest BCUT2D eigenvalue weighted by molar-refractivity contribution is 6.30. The predicted octanol–water partition coefficient (Wildman–Crippen LogP) is 5.09. The van der Waals surface area contributed by atoms with Gasteiger partial charge in [0.2, 0.25) is 5.88 Å². The van der Waals surface area contributed by atoms with E-state index in [0.717, 1.165) is 43.4 Å². The van der Waals surface area contributed by atoms with Crippen molar-refractivity contribution in [3.63, 3.8) is 0 Å². The molecule has 216 valence electrons. The number of carboxylic acid groups (broad SMARTS) is 1. The summed E-state index contributed by atoms with van der Waals surface area (Å²) in [5, 5.41) is 20.0. The molecule has 0 amide bonds. The van der Waals surface area contributed by atoms with Crippen LogP contribution in [-0.2, 0) is 24.9 Å². The monoisotopic (exact) mass is 571 g/mol. The van der Waals surface area contributed by atoms with Crippen molar-refractivity contribution >= 4 is 17.6 Å². The van der Waals surface area contributed by atoms with Gasteiger partial charge >= 0.3 is 11.7 Å². The van der Waals surface area contributed by atoms with Crippen LogP contribution in [0.2, 0.25) is 5.02 Å². The van der Waals surface area contributed by atoms with Crippen LogP contribution in [0.25, 0.3) is 0 Å². The van der Waals surface area contributed by atoms with Crippen LogP contribution in [0.5, 0.6) is 17.4 Å². The van der Waals surface area contributed by atoms with Crippen molar-refractivity contribution < 1.29 is 24.5 Å². The van der Waals surface area contributed by atoms with E-state index in [4.69, 9.17) is 21.1 Å². The van der Waals surface area contributed by atoms with Gasteiger partial charge in [0.15, 0.2) is 11.5 Å². The highest BCUT2D eigenvalue weighted by Gasteiger charge is 2.28. The van der Waals surface area contributed by atoms with Gasteiger partial charge in [-0.2, -0.15) is 0 Å². The summed E-state index contributed by atoms with van der Waals surface area (Å²) >= 11 is 6.14. The molecule has 1 saturated carbocycles. The fourth-order valence-corrected chi connectivity index (χ4v) is 5.57. The first-order valence-corrected chi connectivity index (χ1v) is 14.0. The van der Waals surface area contributed by atoms with Gasteiger partial charge in [0.1, 0.15) is 6.61 Å². The lowest BCUT2D eigenvalue weighted by molar-refractivity contribution is -0.143. The van der Waals surface area contributed by atoms with Gasteiger partial charge in [0.25, 0.3) is 0 Å². The molecule has 1 atom stereocenters. The Morgan fingerprint density at radius 2 is 1.82 bits per heavy atom. The first-order valence-electron chi connectivity index (χ1n) is 13.6. The fourth-order valence-electron chi connectivity index (χ4n) is 5.44. The second-order valence-corrected chi connectivity index (χ2v) is 11.0. The van der Waals surface area contributed by atoms with Crippen LogP contribution in [0, 0.1) is 11.8 Å². The van der Waals surface area contributed by atoms with Gasteiger partial charge in [0, 0.05) is 31.2 Å². The van der Waals surface area contributed by atoms with Crippen LogP contribution < -0.4 is 15.2 Å². The lowest BCUT2D eigenvalue weighted by atomic mass is 9.81. The molecule has 0 radical (unpaired) electrons. The van der Waals surface area contributed by atoms with Crippen molar-refractivity contribution in [1.29, 1.82) is 0 Å². The number of carboxylic acids is 1. The number of methoxy groups -OCH3 is 1. The minimum absolute atomic E-state index is 0.107. The summed E-state index contributed by atoms with van der Waals surface area (Å²) in [6, 6.07) is 13.9. The molecular weight excluding hydrogens is 534 g/mol. The van der Waals surface area contributed by atoms with E-state index in [9.17, 15) is 19.8 Å². The fraction of sp³-hybridized carbons (Fsp3) is 0.467. The summed E-state index contributed by atoms with van der Waals surface area (Å²) in [7, 11) is 3.17. The zero-order valence-corrected chi connectivity index (χ0v) is 24.0. The number of aromatic nitrogens is 2. The Balaban J connectivity index is 1.47. The van der Waals surface area contributed by atoms with Gasteiger partial charge in [-0.3, -0.25) is 18.8 Å². The third kappa shape index (κ3) is 7.20. The average Bonchev–Trinajstić information content (AvgIpc) is 3.19. The number of benzene rings is 2. The number of hydrogen-bond acceptors (Lipinski definition) is 6. The quantitative estimate of drug-likeness (QED) is 0.312. The van der Waals surface area contributed by atoms with Gasteiger partial charge in [-0.1, -0.05) is 29.8 Å². The van der Waals surface area contributed by atoms with Crippen LogP contribution in [-0.4, -0.2) is 50.5 Å². The number of ether oxygens (including phenoxy) is 2. The molecule has 1 aliphatic rings. The molecule has 1 fully saturated rings. The average molecular weight is 572 g/mol. The minimum atomic E-state index is -0.688. The van der Waals surface area contributed by atoms with E-state index >= 15 is 0 Å². The normalized spacial score (nSPS) is 18.0. The Hall–Kier alpha value is -3.43. The largest absolute Gasteiger partial charge is 0.493 e. The van der Waals surface area contributed by atoms with Crippen LogP contribution in [0.1, 0.15) is 49.8 Å². The molecular formula is C30H38ClN3O6. The lowest BCUT2D eigenvalue weighted by Gasteiger charge is -2.35. The van der Waals surface area contributed by atoms with Crippen molar-refractivity contribution in [1.82, 2.24) is 14.0 Å². The maximum Gasteiger partial charge on any atom is 0.330 e. The van der Waals surface area contributed by atoms with Crippen molar-refractivity contribution in [2.24, 2.45) is 18.9 Å². The number of imidazole rings is 1. The predicted molar refractivity (Wildman–Crippen MR) is 153 cm³/mol. The van der Waals surface area contributed by atoms with Crippen molar-refractivity contribution in [2.45, 2.75) is 51.7 Å². The molecule has 10 heteroatoms. The topological polar surface area (TPSA) is 106 Å². The molecule has 9 nitrogen and oxygen atoms in total. The highest BCUT2D eigenvalue weighted by atomic mass is 35.5. The summed E-state index contributed by atoms with van der Waals surface area (Å²) in [5.74, 6) is 0.533. The molecule has 3 aromatic rings. The summed E-state index contributed by atoms with van der Waals surface area (Å²) < 4.78 is 14.1. The van der Waals surface area contributed by atoms with E-state index in [0.29, 0.717) is 29.0 Å². The highest BCUT2D eigenvalue weighted by Crippen LogP contribution is 2.34. The van der Waals surface area contributed by atoms with Crippen LogP contribution >= 0.6 is 11.6 Å². The molecule has 2 aromatic carbocycles. The molecule has 0 saturated heterocycles. The number of aliphatic carboxylic acids is 1. The number of aromatic hydroxyl groups is 1.